The molecule has 0 radical (unpaired) electrons. The minimum Gasteiger partial charge on any atom is -0.345 e. The van der Waals surface area contributed by atoms with Gasteiger partial charge in [0.05, 0.1) is 17.5 Å². The van der Waals surface area contributed by atoms with E-state index in [1.165, 1.54) is 55.4 Å². The normalized spacial score (nSPS) is 20.7. The Morgan fingerprint density at radius 2 is 2.14 bits per heavy atom. The number of hydrogen-bond acceptors (Lipinski definition) is 7. The maximum absolute atomic E-state index is 14.5. The molecule has 36 heavy (non-hydrogen) atoms. The number of amides is 1. The van der Waals surface area contributed by atoms with Gasteiger partial charge in [-0.25, -0.2) is 0 Å². The highest BCUT2D eigenvalue weighted by atomic mass is 32.1. The van der Waals surface area contributed by atoms with Gasteiger partial charge in [0.15, 0.2) is 0 Å². The molecule has 2 heterocycles. The number of nitrogens with one attached hydrogen (secondary N) is 1. The maximum Gasteiger partial charge on any atom is 0.339 e. The minimum atomic E-state index is -3.53. The highest BCUT2D eigenvalue weighted by Gasteiger charge is 2.43. The van der Waals surface area contributed by atoms with Gasteiger partial charge in [0.1, 0.15) is 6.29 Å². The highest BCUT2D eigenvalue weighted by Crippen LogP contribution is 2.56. The van der Waals surface area contributed by atoms with Crippen molar-refractivity contribution in [2.24, 2.45) is 0 Å². The Morgan fingerprint density at radius 3 is 2.75 bits per heavy atom. The van der Waals surface area contributed by atoms with Crippen LogP contribution in [0.3, 0.4) is 0 Å². The van der Waals surface area contributed by atoms with Gasteiger partial charge in [-0.05, 0) is 76.8 Å². The number of fused-ring (bicyclic) bond motifs is 1. The van der Waals surface area contributed by atoms with E-state index in [2.05, 4.69) is 29.1 Å². The van der Waals surface area contributed by atoms with Gasteiger partial charge in [-0.3, -0.25) is 4.79 Å². The summed E-state index contributed by atoms with van der Waals surface area (Å²) in [5.74, 6) is -0.416. The van der Waals surface area contributed by atoms with Crippen molar-refractivity contribution in [2.45, 2.75) is 63.8 Å². The van der Waals surface area contributed by atoms with Crippen LogP contribution in [0.15, 0.2) is 24.3 Å². The molecule has 4 unspecified atom stereocenters. The summed E-state index contributed by atoms with van der Waals surface area (Å²) in [5, 5.41) is 3.25. The monoisotopic (exact) mass is 543 g/mol. The average Bonchev–Trinajstić information content (AvgIpc) is 3.43. The molecule has 4 atom stereocenters. The molecule has 7 nitrogen and oxygen atoms in total. The first-order chi connectivity index (χ1) is 17.1. The summed E-state index contributed by atoms with van der Waals surface area (Å²) in [7, 11) is -0.796. The fourth-order valence-corrected chi connectivity index (χ4v) is 6.27. The molecule has 1 aromatic heterocycles. The van der Waals surface area contributed by atoms with Gasteiger partial charge in [-0.1, -0.05) is 13.0 Å². The molecule has 3 rings (SSSR count). The quantitative estimate of drug-likeness (QED) is 0.280. The number of hydrogen-bond donors (Lipinski definition) is 2. The molecular weight excluding hydrogens is 507 g/mol. The molecule has 1 fully saturated rings. The molecule has 1 amide bonds. The zero-order chi connectivity index (χ0) is 26.5. The molecular formula is C25H36F2N3O4PS. The third-order valence-corrected chi connectivity index (χ3v) is 9.29. The Morgan fingerprint density at radius 1 is 1.39 bits per heavy atom. The summed E-state index contributed by atoms with van der Waals surface area (Å²) in [6.45, 7) is 7.81. The summed E-state index contributed by atoms with van der Waals surface area (Å²) in [4.78, 5) is 39.3. The van der Waals surface area contributed by atoms with Crippen LogP contribution in [0, 0.1) is 0 Å². The molecule has 11 heteroatoms. The largest absolute Gasteiger partial charge is 0.345 e. The van der Waals surface area contributed by atoms with E-state index in [1.54, 1.807) is 0 Å². The van der Waals surface area contributed by atoms with Gasteiger partial charge >= 0.3 is 5.66 Å². The van der Waals surface area contributed by atoms with E-state index < -0.39 is 26.0 Å². The lowest BCUT2D eigenvalue weighted by atomic mass is 10.1. The number of nitrogens with zero attached hydrogens (tertiary/aromatic N) is 2. The van der Waals surface area contributed by atoms with Gasteiger partial charge in [0.25, 0.3) is 5.91 Å². The van der Waals surface area contributed by atoms with Crippen LogP contribution >= 0.6 is 19.7 Å². The van der Waals surface area contributed by atoms with Crippen molar-refractivity contribution in [3.63, 3.8) is 0 Å². The fraction of sp³-hybridized carbons (Fsp3) is 0.600. The van der Waals surface area contributed by atoms with E-state index in [0.717, 1.165) is 25.8 Å². The molecule has 2 aromatic rings. The number of halogens is 2. The molecule has 0 aliphatic carbocycles. The van der Waals surface area contributed by atoms with Crippen molar-refractivity contribution in [1.82, 2.24) is 15.1 Å². The van der Waals surface area contributed by atoms with E-state index in [-0.39, 0.29) is 12.2 Å². The van der Waals surface area contributed by atoms with Gasteiger partial charge in [-0.2, -0.15) is 8.78 Å². The van der Waals surface area contributed by atoms with Crippen molar-refractivity contribution >= 4 is 42.0 Å². The zero-order valence-electron chi connectivity index (χ0n) is 21.2. The van der Waals surface area contributed by atoms with E-state index in [4.69, 9.17) is 4.52 Å². The SMILES string of the molecule is CCOP(O)C(F)(F)c1ccc2sc(C(=O)NC(C=O)CN(CC)CCC3CCC(C)N3C)cc2c1. The van der Waals surface area contributed by atoms with Crippen molar-refractivity contribution < 1.29 is 27.8 Å². The van der Waals surface area contributed by atoms with Crippen LogP contribution in [0.4, 0.5) is 8.78 Å². The van der Waals surface area contributed by atoms with E-state index in [0.29, 0.717) is 33.6 Å². The molecule has 1 saturated heterocycles. The van der Waals surface area contributed by atoms with E-state index in [1.807, 2.05) is 6.92 Å². The summed E-state index contributed by atoms with van der Waals surface area (Å²) in [5.41, 5.74) is -3.89. The lowest BCUT2D eigenvalue weighted by Crippen LogP contribution is -2.45. The van der Waals surface area contributed by atoms with Crippen LogP contribution in [-0.2, 0) is 15.0 Å². The molecule has 2 N–H and O–H groups in total. The van der Waals surface area contributed by atoms with Gasteiger partial charge in [0.2, 0.25) is 8.38 Å². The Hall–Kier alpha value is -1.55. The van der Waals surface area contributed by atoms with Gasteiger partial charge < -0.3 is 29.3 Å². The van der Waals surface area contributed by atoms with Crippen molar-refractivity contribution in [2.75, 3.05) is 33.3 Å². The number of carbonyl (C=O) groups is 2. The Bertz CT molecular complexity index is 1040. The smallest absolute Gasteiger partial charge is 0.339 e. The van der Waals surface area contributed by atoms with Crippen molar-refractivity contribution in [3.05, 3.63) is 34.7 Å². The Labute approximate surface area is 216 Å². The number of rotatable bonds is 13. The first-order valence-electron chi connectivity index (χ1n) is 12.3. The van der Waals surface area contributed by atoms with Crippen LogP contribution in [0.2, 0.25) is 0 Å². The second-order valence-electron chi connectivity index (χ2n) is 9.24. The van der Waals surface area contributed by atoms with E-state index >= 15 is 0 Å². The van der Waals surface area contributed by atoms with Crippen LogP contribution in [0.25, 0.3) is 10.1 Å². The number of carbonyl (C=O) groups excluding carboxylic acids is 2. The second-order valence-corrected chi connectivity index (χ2v) is 11.7. The third-order valence-electron chi connectivity index (χ3n) is 6.93. The molecule has 1 aromatic carbocycles. The summed E-state index contributed by atoms with van der Waals surface area (Å²) in [6.07, 6.45) is 4.13. The molecule has 1 aliphatic heterocycles. The Balaban J connectivity index is 1.63. The van der Waals surface area contributed by atoms with Crippen molar-refractivity contribution in [3.8, 4) is 0 Å². The number of alkyl halides is 2. The van der Waals surface area contributed by atoms with Gasteiger partial charge in [0, 0.05) is 28.9 Å². The Kier molecular flexibility index (Phi) is 10.3. The van der Waals surface area contributed by atoms with Crippen LogP contribution in [0.1, 0.15) is 55.3 Å². The maximum atomic E-state index is 14.5. The standard InChI is InChI=1S/C25H36F2N3O4PS/c1-5-30(12-11-21-9-7-17(3)29(21)4)15-20(16-31)28-24(32)23-14-18-13-19(8-10-22(18)36-23)25(26,27)35(33)34-6-2/h8,10,13-14,16-17,20-21,33H,5-7,9,11-12,15H2,1-4H3,(H,28,32). The van der Waals surface area contributed by atoms with E-state index in [9.17, 15) is 23.3 Å². The molecule has 0 spiro atoms. The minimum absolute atomic E-state index is 0.0208. The first-order valence-corrected chi connectivity index (χ1v) is 14.4. The third kappa shape index (κ3) is 6.85. The van der Waals surface area contributed by atoms with Gasteiger partial charge in [-0.15, -0.1) is 11.3 Å². The summed E-state index contributed by atoms with van der Waals surface area (Å²) < 4.78 is 34.5. The molecule has 1 aliphatic rings. The van der Waals surface area contributed by atoms with Crippen molar-refractivity contribution in [1.29, 1.82) is 0 Å². The molecule has 0 saturated carbocycles. The molecule has 0 bridgehead atoms. The predicted octanol–water partition coefficient (Wildman–Crippen LogP) is 4.78. The van der Waals surface area contributed by atoms with Crippen LogP contribution in [0.5, 0.6) is 0 Å². The highest BCUT2D eigenvalue weighted by molar-refractivity contribution is 7.47. The number of aldehydes is 1. The lowest BCUT2D eigenvalue weighted by Gasteiger charge is -2.28. The molecule has 200 valence electrons. The second kappa shape index (κ2) is 12.8. The lowest BCUT2D eigenvalue weighted by molar-refractivity contribution is -0.109. The summed E-state index contributed by atoms with van der Waals surface area (Å²) in [6, 6.07) is 5.99. The number of likely N-dealkylation sites (N-methyl/N-ethyl adjacent to an activating group) is 1. The summed E-state index contributed by atoms with van der Waals surface area (Å²) >= 11 is 1.17. The van der Waals surface area contributed by atoms with Crippen LogP contribution in [-0.4, -0.2) is 78.3 Å². The number of benzene rings is 1. The topological polar surface area (TPSA) is 82.1 Å². The average molecular weight is 544 g/mol. The first kappa shape index (κ1) is 29.0. The van der Waals surface area contributed by atoms with Crippen LogP contribution < -0.4 is 5.32 Å². The fourth-order valence-electron chi connectivity index (χ4n) is 4.56. The zero-order valence-corrected chi connectivity index (χ0v) is 23.0. The number of thiophene rings is 1. The predicted molar refractivity (Wildman–Crippen MR) is 141 cm³/mol. The number of likely N-dealkylation sites (tertiary alicyclic amines) is 1.